The van der Waals surface area contributed by atoms with Gasteiger partial charge in [0.15, 0.2) is 5.84 Å². The van der Waals surface area contributed by atoms with Gasteiger partial charge in [-0.2, -0.15) is 8.42 Å². The van der Waals surface area contributed by atoms with Crippen LogP contribution in [0.1, 0.15) is 18.4 Å². The maximum Gasteiger partial charge on any atom is 0.285 e. The van der Waals surface area contributed by atoms with Crippen molar-refractivity contribution in [1.29, 1.82) is 0 Å². The molecule has 0 radical (unpaired) electrons. The number of carbonyl (C=O) groups excluding carboxylic acids is 1. The van der Waals surface area contributed by atoms with E-state index in [1.807, 2.05) is 35.2 Å². The van der Waals surface area contributed by atoms with E-state index in [1.165, 1.54) is 0 Å². The number of amidine groups is 1. The summed E-state index contributed by atoms with van der Waals surface area (Å²) in [5.41, 5.74) is 1.41. The lowest BCUT2D eigenvalue weighted by atomic mass is 9.95. The average molecular weight is 448 g/mol. The first kappa shape index (κ1) is 18.2. The summed E-state index contributed by atoms with van der Waals surface area (Å²) >= 11 is 3.40. The molecule has 0 aliphatic carbocycles. The summed E-state index contributed by atoms with van der Waals surface area (Å²) < 4.78 is 29.3. The number of hydrogen-bond acceptors (Lipinski definition) is 4. The normalized spacial score (nSPS) is 18.7. The molecule has 0 saturated carbocycles. The topological polar surface area (TPSA) is 78.8 Å². The number of rotatable bonds is 2. The Kier molecular flexibility index (Phi) is 4.77. The molecule has 2 aliphatic heterocycles. The maximum absolute atomic E-state index is 12.5. The highest BCUT2D eigenvalue weighted by Gasteiger charge is 2.34. The summed E-state index contributed by atoms with van der Waals surface area (Å²) in [6, 6.07) is 14.4. The van der Waals surface area contributed by atoms with E-state index in [1.54, 1.807) is 18.2 Å². The Balaban J connectivity index is 1.43. The van der Waals surface area contributed by atoms with E-state index in [2.05, 4.69) is 25.6 Å². The van der Waals surface area contributed by atoms with Gasteiger partial charge in [0.05, 0.1) is 0 Å². The van der Waals surface area contributed by atoms with Crippen molar-refractivity contribution in [2.24, 2.45) is 10.3 Å². The lowest BCUT2D eigenvalue weighted by Gasteiger charge is -2.32. The molecule has 2 aromatic carbocycles. The Bertz CT molecular complexity index is 1030. The molecule has 0 aromatic heterocycles. The second-order valence-electron chi connectivity index (χ2n) is 6.65. The van der Waals surface area contributed by atoms with Gasteiger partial charge in [0.25, 0.3) is 10.0 Å². The number of nitrogens with zero attached hydrogens (tertiary/aromatic N) is 2. The van der Waals surface area contributed by atoms with Gasteiger partial charge in [0, 0.05) is 34.7 Å². The molecule has 6 nitrogen and oxygen atoms in total. The number of carbonyl (C=O) groups is 1. The van der Waals surface area contributed by atoms with Crippen LogP contribution < -0.4 is 5.32 Å². The standard InChI is InChI=1S/C19H18BrN3O3S/c20-14-4-3-5-15(12-14)21-19(24)13-8-10-23(11-9-13)18-16-6-1-2-7-17(16)27(25,26)22-18/h1-7,12-13H,8-11H2,(H,21,24). The van der Waals surface area contributed by atoms with Crippen molar-refractivity contribution < 1.29 is 13.2 Å². The Morgan fingerprint density at radius 2 is 1.85 bits per heavy atom. The molecular weight excluding hydrogens is 430 g/mol. The molecule has 2 heterocycles. The lowest BCUT2D eigenvalue weighted by molar-refractivity contribution is -0.120. The van der Waals surface area contributed by atoms with Gasteiger partial charge in [0.1, 0.15) is 4.90 Å². The van der Waals surface area contributed by atoms with Crippen LogP contribution in [-0.4, -0.2) is 38.2 Å². The minimum absolute atomic E-state index is 0.00543. The van der Waals surface area contributed by atoms with E-state index in [4.69, 9.17) is 0 Å². The number of fused-ring (bicyclic) bond motifs is 1. The number of halogens is 1. The molecule has 1 N–H and O–H groups in total. The van der Waals surface area contributed by atoms with E-state index >= 15 is 0 Å². The summed E-state index contributed by atoms with van der Waals surface area (Å²) in [6.45, 7) is 1.19. The van der Waals surface area contributed by atoms with Crippen molar-refractivity contribution in [2.45, 2.75) is 17.7 Å². The van der Waals surface area contributed by atoms with Gasteiger partial charge in [-0.15, -0.1) is 4.40 Å². The number of likely N-dealkylation sites (tertiary alicyclic amines) is 1. The zero-order valence-electron chi connectivity index (χ0n) is 14.4. The quantitative estimate of drug-likeness (QED) is 0.765. The molecule has 2 aliphatic rings. The Morgan fingerprint density at radius 1 is 1.11 bits per heavy atom. The molecule has 0 bridgehead atoms. The Morgan fingerprint density at radius 3 is 2.59 bits per heavy atom. The van der Waals surface area contributed by atoms with Crippen LogP contribution in [0, 0.1) is 5.92 Å². The third-order valence-corrected chi connectivity index (χ3v) is 6.69. The molecule has 0 spiro atoms. The first-order chi connectivity index (χ1) is 12.9. The Hall–Kier alpha value is -2.19. The fraction of sp³-hybridized carbons (Fsp3) is 0.263. The lowest BCUT2D eigenvalue weighted by Crippen LogP contribution is -2.41. The van der Waals surface area contributed by atoms with Crippen LogP contribution in [0.3, 0.4) is 0 Å². The third-order valence-electron chi connectivity index (χ3n) is 4.87. The van der Waals surface area contributed by atoms with E-state index in [-0.39, 0.29) is 16.7 Å². The van der Waals surface area contributed by atoms with Crippen molar-refractivity contribution in [2.75, 3.05) is 18.4 Å². The van der Waals surface area contributed by atoms with Crippen molar-refractivity contribution in [1.82, 2.24) is 4.90 Å². The third kappa shape index (κ3) is 3.64. The van der Waals surface area contributed by atoms with Crippen molar-refractivity contribution in [3.8, 4) is 0 Å². The molecule has 1 saturated heterocycles. The summed E-state index contributed by atoms with van der Waals surface area (Å²) in [5, 5.41) is 2.95. The highest BCUT2D eigenvalue weighted by atomic mass is 79.9. The molecule has 140 valence electrons. The number of nitrogens with one attached hydrogen (secondary N) is 1. The molecule has 1 fully saturated rings. The highest BCUT2D eigenvalue weighted by Crippen LogP contribution is 2.30. The first-order valence-corrected chi connectivity index (χ1v) is 10.9. The van der Waals surface area contributed by atoms with Crippen LogP contribution in [0.5, 0.6) is 0 Å². The molecule has 0 atom stereocenters. The fourth-order valence-electron chi connectivity index (χ4n) is 3.48. The average Bonchev–Trinajstić information content (AvgIpc) is 2.93. The summed E-state index contributed by atoms with van der Waals surface area (Å²) in [7, 11) is -3.62. The summed E-state index contributed by atoms with van der Waals surface area (Å²) in [5.74, 6) is 0.389. The largest absolute Gasteiger partial charge is 0.355 e. The minimum atomic E-state index is -3.62. The molecule has 27 heavy (non-hydrogen) atoms. The van der Waals surface area contributed by atoms with E-state index in [0.29, 0.717) is 37.3 Å². The number of piperidine rings is 1. The van der Waals surface area contributed by atoms with Gasteiger partial charge >= 0.3 is 0 Å². The number of amides is 1. The molecule has 2 aromatic rings. The van der Waals surface area contributed by atoms with Crippen molar-refractivity contribution in [3.05, 3.63) is 58.6 Å². The van der Waals surface area contributed by atoms with Crippen LogP contribution in [0.4, 0.5) is 5.69 Å². The maximum atomic E-state index is 12.5. The van der Waals surface area contributed by atoms with E-state index in [9.17, 15) is 13.2 Å². The SMILES string of the molecule is O=C(Nc1cccc(Br)c1)C1CCN(C2=NS(=O)(=O)c3ccccc32)CC1. The predicted octanol–water partition coefficient (Wildman–Crippen LogP) is 3.25. The smallest absolute Gasteiger partial charge is 0.285 e. The van der Waals surface area contributed by atoms with Gasteiger partial charge in [-0.25, -0.2) is 0 Å². The number of sulfonamides is 1. The zero-order valence-corrected chi connectivity index (χ0v) is 16.8. The van der Waals surface area contributed by atoms with Crippen LogP contribution in [0.15, 0.2) is 62.3 Å². The molecule has 8 heteroatoms. The number of benzene rings is 2. The summed E-state index contributed by atoms with van der Waals surface area (Å²) in [6.07, 6.45) is 1.31. The molecule has 4 rings (SSSR count). The molecular formula is C19H18BrN3O3S. The van der Waals surface area contributed by atoms with Crippen LogP contribution in [0.2, 0.25) is 0 Å². The van der Waals surface area contributed by atoms with Crippen LogP contribution >= 0.6 is 15.9 Å². The van der Waals surface area contributed by atoms with Gasteiger partial charge in [-0.05, 0) is 43.2 Å². The second kappa shape index (κ2) is 7.09. The van der Waals surface area contributed by atoms with Gasteiger partial charge in [-0.3, -0.25) is 4.79 Å². The zero-order chi connectivity index (χ0) is 19.0. The predicted molar refractivity (Wildman–Crippen MR) is 107 cm³/mol. The van der Waals surface area contributed by atoms with Crippen LogP contribution in [0.25, 0.3) is 0 Å². The monoisotopic (exact) mass is 447 g/mol. The first-order valence-electron chi connectivity index (χ1n) is 8.70. The number of anilines is 1. The molecule has 0 unspecified atom stereocenters. The minimum Gasteiger partial charge on any atom is -0.355 e. The van der Waals surface area contributed by atoms with E-state index < -0.39 is 10.0 Å². The number of hydrogen-bond donors (Lipinski definition) is 1. The second-order valence-corrected chi connectivity index (χ2v) is 9.14. The van der Waals surface area contributed by atoms with E-state index in [0.717, 1.165) is 10.2 Å². The van der Waals surface area contributed by atoms with Crippen molar-refractivity contribution in [3.63, 3.8) is 0 Å². The summed E-state index contributed by atoms with van der Waals surface area (Å²) in [4.78, 5) is 14.8. The van der Waals surface area contributed by atoms with Gasteiger partial charge in [-0.1, -0.05) is 34.1 Å². The van der Waals surface area contributed by atoms with Crippen LogP contribution in [-0.2, 0) is 14.8 Å². The Labute approximate surface area is 166 Å². The fourth-order valence-corrected chi connectivity index (χ4v) is 5.11. The van der Waals surface area contributed by atoms with Gasteiger partial charge in [0.2, 0.25) is 5.91 Å². The highest BCUT2D eigenvalue weighted by molar-refractivity contribution is 9.10. The van der Waals surface area contributed by atoms with Crippen molar-refractivity contribution >= 4 is 43.4 Å². The molecule has 1 amide bonds. The van der Waals surface area contributed by atoms with Gasteiger partial charge < -0.3 is 10.2 Å².